The minimum absolute atomic E-state index is 0.0571. The molecular formula is C17H13NO2. The lowest BCUT2D eigenvalue weighted by molar-refractivity contribution is 0.101. The molecule has 3 rings (SSSR count). The van der Waals surface area contributed by atoms with Crippen LogP contribution < -0.4 is 0 Å². The van der Waals surface area contributed by atoms with Crippen LogP contribution in [-0.4, -0.2) is 10.9 Å². The van der Waals surface area contributed by atoms with E-state index in [1.165, 1.54) is 0 Å². The Balaban J connectivity index is 1.92. The maximum absolute atomic E-state index is 11.2. The second kappa shape index (κ2) is 5.13. The van der Waals surface area contributed by atoms with Crippen LogP contribution in [0.2, 0.25) is 0 Å². The molecule has 2 aromatic carbocycles. The molecule has 0 atom stereocenters. The number of carbonyl (C=O) groups is 1. The zero-order valence-corrected chi connectivity index (χ0v) is 11.0. The molecule has 1 aromatic heterocycles. The molecule has 0 aliphatic rings. The highest BCUT2D eigenvalue weighted by Gasteiger charge is 2.08. The Bertz CT molecular complexity index is 727. The molecule has 3 nitrogen and oxygen atoms in total. The highest BCUT2D eigenvalue weighted by molar-refractivity contribution is 5.94. The molecule has 0 amide bonds. The van der Waals surface area contributed by atoms with Crippen molar-refractivity contribution in [3.63, 3.8) is 0 Å². The number of carbonyl (C=O) groups excluding carboxylic acids is 1. The van der Waals surface area contributed by atoms with E-state index in [0.717, 1.165) is 22.6 Å². The standard InChI is InChI=1S/C17H13NO2/c1-12(19)13-7-9-14(10-8-13)16-11-17(20-18-16)15-5-3-2-4-6-15/h2-11H,1H3. The second-order valence-corrected chi connectivity index (χ2v) is 4.58. The third kappa shape index (κ3) is 2.38. The number of benzene rings is 2. The average molecular weight is 263 g/mol. The molecule has 0 unspecified atom stereocenters. The molecule has 0 radical (unpaired) electrons. The van der Waals surface area contributed by atoms with Gasteiger partial charge in [-0.15, -0.1) is 0 Å². The monoisotopic (exact) mass is 263 g/mol. The molecule has 0 bridgehead atoms. The van der Waals surface area contributed by atoms with E-state index in [4.69, 9.17) is 4.52 Å². The van der Waals surface area contributed by atoms with Crippen molar-refractivity contribution >= 4 is 5.78 Å². The maximum atomic E-state index is 11.2. The summed E-state index contributed by atoms with van der Waals surface area (Å²) in [6.45, 7) is 1.55. The van der Waals surface area contributed by atoms with E-state index in [2.05, 4.69) is 5.16 Å². The van der Waals surface area contributed by atoms with Gasteiger partial charge in [0.2, 0.25) is 0 Å². The van der Waals surface area contributed by atoms with Gasteiger partial charge in [0.05, 0.1) is 0 Å². The summed E-state index contributed by atoms with van der Waals surface area (Å²) in [5, 5.41) is 4.08. The third-order valence-electron chi connectivity index (χ3n) is 3.16. The van der Waals surface area contributed by atoms with Gasteiger partial charge in [0.15, 0.2) is 11.5 Å². The molecule has 20 heavy (non-hydrogen) atoms. The predicted octanol–water partition coefficient (Wildman–Crippen LogP) is 4.21. The van der Waals surface area contributed by atoms with Gasteiger partial charge in [0.1, 0.15) is 5.69 Å². The summed E-state index contributed by atoms with van der Waals surface area (Å²) in [5.41, 5.74) is 3.38. The Morgan fingerprint density at radius 1 is 0.950 bits per heavy atom. The highest BCUT2D eigenvalue weighted by Crippen LogP contribution is 2.25. The maximum Gasteiger partial charge on any atom is 0.167 e. The van der Waals surface area contributed by atoms with Crippen LogP contribution in [0, 0.1) is 0 Å². The third-order valence-corrected chi connectivity index (χ3v) is 3.16. The van der Waals surface area contributed by atoms with Gasteiger partial charge >= 0.3 is 0 Å². The fourth-order valence-electron chi connectivity index (χ4n) is 2.03. The van der Waals surface area contributed by atoms with Crippen molar-refractivity contribution in [3.8, 4) is 22.6 Å². The van der Waals surface area contributed by atoms with Gasteiger partial charge in [0, 0.05) is 22.8 Å². The fourth-order valence-corrected chi connectivity index (χ4v) is 2.03. The van der Waals surface area contributed by atoms with Crippen molar-refractivity contribution in [1.82, 2.24) is 5.16 Å². The number of hydrogen-bond acceptors (Lipinski definition) is 3. The Kier molecular flexibility index (Phi) is 3.17. The lowest BCUT2D eigenvalue weighted by Gasteiger charge is -1.97. The molecule has 0 spiro atoms. The van der Waals surface area contributed by atoms with Crippen LogP contribution in [-0.2, 0) is 0 Å². The summed E-state index contributed by atoms with van der Waals surface area (Å²) in [4.78, 5) is 11.2. The van der Waals surface area contributed by atoms with Gasteiger partial charge in [-0.2, -0.15) is 0 Å². The van der Waals surface area contributed by atoms with Crippen molar-refractivity contribution in [1.29, 1.82) is 0 Å². The molecule has 0 aliphatic carbocycles. The van der Waals surface area contributed by atoms with E-state index in [0.29, 0.717) is 5.56 Å². The van der Waals surface area contributed by atoms with Gasteiger partial charge in [-0.1, -0.05) is 59.8 Å². The van der Waals surface area contributed by atoms with Gasteiger partial charge < -0.3 is 4.52 Å². The minimum atomic E-state index is 0.0571. The van der Waals surface area contributed by atoms with Gasteiger partial charge in [0.25, 0.3) is 0 Å². The Hall–Kier alpha value is -2.68. The Labute approximate surface area is 116 Å². The number of rotatable bonds is 3. The van der Waals surface area contributed by atoms with Crippen LogP contribution in [0.1, 0.15) is 17.3 Å². The summed E-state index contributed by atoms with van der Waals surface area (Å²) in [5.74, 6) is 0.790. The van der Waals surface area contributed by atoms with Crippen LogP contribution in [0.15, 0.2) is 65.2 Å². The van der Waals surface area contributed by atoms with E-state index in [1.807, 2.05) is 48.5 Å². The molecule has 0 N–H and O–H groups in total. The number of hydrogen-bond donors (Lipinski definition) is 0. The first kappa shape index (κ1) is 12.4. The van der Waals surface area contributed by atoms with Crippen molar-refractivity contribution in [3.05, 3.63) is 66.2 Å². The van der Waals surface area contributed by atoms with Crippen LogP contribution in [0.3, 0.4) is 0 Å². The fraction of sp³-hybridized carbons (Fsp3) is 0.0588. The number of Topliss-reactive ketones (excluding diaryl/α,β-unsaturated/α-hetero) is 1. The van der Waals surface area contributed by atoms with E-state index in [9.17, 15) is 4.79 Å². The van der Waals surface area contributed by atoms with Crippen molar-refractivity contribution < 1.29 is 9.32 Å². The summed E-state index contributed by atoms with van der Waals surface area (Å²) in [6.07, 6.45) is 0. The van der Waals surface area contributed by atoms with E-state index < -0.39 is 0 Å². The van der Waals surface area contributed by atoms with Crippen LogP contribution in [0.5, 0.6) is 0 Å². The number of nitrogens with zero attached hydrogens (tertiary/aromatic N) is 1. The largest absolute Gasteiger partial charge is 0.356 e. The number of aromatic nitrogens is 1. The van der Waals surface area contributed by atoms with Gasteiger partial charge in [-0.25, -0.2) is 0 Å². The first-order chi connectivity index (χ1) is 9.74. The van der Waals surface area contributed by atoms with Crippen molar-refractivity contribution in [2.45, 2.75) is 6.92 Å². The topological polar surface area (TPSA) is 43.1 Å². The zero-order chi connectivity index (χ0) is 13.9. The van der Waals surface area contributed by atoms with Gasteiger partial charge in [-0.05, 0) is 6.92 Å². The summed E-state index contributed by atoms with van der Waals surface area (Å²) in [7, 11) is 0. The minimum Gasteiger partial charge on any atom is -0.356 e. The Morgan fingerprint density at radius 2 is 1.65 bits per heavy atom. The molecule has 0 saturated carbocycles. The molecule has 3 heteroatoms. The van der Waals surface area contributed by atoms with E-state index in [-0.39, 0.29) is 5.78 Å². The predicted molar refractivity (Wildman–Crippen MR) is 77.4 cm³/mol. The van der Waals surface area contributed by atoms with Crippen LogP contribution >= 0.6 is 0 Å². The van der Waals surface area contributed by atoms with Crippen molar-refractivity contribution in [2.75, 3.05) is 0 Å². The van der Waals surface area contributed by atoms with E-state index >= 15 is 0 Å². The van der Waals surface area contributed by atoms with Gasteiger partial charge in [-0.3, -0.25) is 4.79 Å². The molecule has 98 valence electrons. The summed E-state index contributed by atoms with van der Waals surface area (Å²) in [6, 6.07) is 19.1. The number of ketones is 1. The van der Waals surface area contributed by atoms with E-state index in [1.54, 1.807) is 19.1 Å². The van der Waals surface area contributed by atoms with Crippen LogP contribution in [0.25, 0.3) is 22.6 Å². The molecule has 0 aliphatic heterocycles. The zero-order valence-electron chi connectivity index (χ0n) is 11.0. The summed E-state index contributed by atoms with van der Waals surface area (Å²) >= 11 is 0. The average Bonchev–Trinajstić information content (AvgIpc) is 2.98. The first-order valence-electron chi connectivity index (χ1n) is 6.37. The molecule has 3 aromatic rings. The second-order valence-electron chi connectivity index (χ2n) is 4.58. The highest BCUT2D eigenvalue weighted by atomic mass is 16.5. The molecule has 0 saturated heterocycles. The lowest BCUT2D eigenvalue weighted by Crippen LogP contribution is -1.90. The SMILES string of the molecule is CC(=O)c1ccc(-c2cc(-c3ccccc3)on2)cc1. The Morgan fingerprint density at radius 3 is 2.30 bits per heavy atom. The molecule has 1 heterocycles. The first-order valence-corrected chi connectivity index (χ1v) is 6.37. The lowest BCUT2D eigenvalue weighted by atomic mass is 10.1. The normalized spacial score (nSPS) is 10.4. The molecular weight excluding hydrogens is 250 g/mol. The van der Waals surface area contributed by atoms with Crippen LogP contribution in [0.4, 0.5) is 0 Å². The quantitative estimate of drug-likeness (QED) is 0.665. The molecule has 0 fully saturated rings. The summed E-state index contributed by atoms with van der Waals surface area (Å²) < 4.78 is 5.37. The van der Waals surface area contributed by atoms with Crippen molar-refractivity contribution in [2.24, 2.45) is 0 Å². The smallest absolute Gasteiger partial charge is 0.167 e.